The Morgan fingerprint density at radius 2 is 1.61 bits per heavy atom. The van der Waals surface area contributed by atoms with Crippen LogP contribution in [0.4, 0.5) is 5.69 Å². The molecule has 0 saturated carbocycles. The molecule has 0 unspecified atom stereocenters. The minimum Gasteiger partial charge on any atom is -0.478 e. The van der Waals surface area contributed by atoms with Crippen molar-refractivity contribution in [1.29, 1.82) is 0 Å². The smallest absolute Gasteiger partial charge is 0.348 e. The molecule has 0 bridgehead atoms. The first-order valence-electron chi connectivity index (χ1n) is 11.9. The molecule has 5 rings (SSSR count). The predicted octanol–water partition coefficient (Wildman–Crippen LogP) is 4.94. The summed E-state index contributed by atoms with van der Waals surface area (Å²) < 4.78 is 14.1. The second-order valence-corrected chi connectivity index (χ2v) is 8.85. The number of anilines is 1. The number of hydrogen-bond acceptors (Lipinski definition) is 5. The van der Waals surface area contributed by atoms with Crippen molar-refractivity contribution >= 4 is 44.6 Å². The molecular formula is C29H27N2O5+. The van der Waals surface area contributed by atoms with Crippen LogP contribution < -0.4 is 20.5 Å². The average molecular weight is 484 g/mol. The Morgan fingerprint density at radius 1 is 0.917 bits per heavy atom. The molecule has 7 nitrogen and oxygen atoms in total. The monoisotopic (exact) mass is 483 g/mol. The summed E-state index contributed by atoms with van der Waals surface area (Å²) >= 11 is 0. The lowest BCUT2D eigenvalue weighted by Crippen LogP contribution is -2.21. The highest BCUT2D eigenvalue weighted by Crippen LogP contribution is 2.40. The maximum atomic E-state index is 13.5. The molecule has 2 aromatic heterocycles. The first kappa shape index (κ1) is 23.4. The molecule has 2 heterocycles. The fourth-order valence-electron chi connectivity index (χ4n) is 4.76. The van der Waals surface area contributed by atoms with Gasteiger partial charge in [0.05, 0.1) is 17.0 Å². The Kier molecular flexibility index (Phi) is 5.84. The highest BCUT2D eigenvalue weighted by Gasteiger charge is 2.23. The lowest BCUT2D eigenvalue weighted by Gasteiger charge is -2.22. The molecule has 3 aromatic carbocycles. The number of fused-ring (bicyclic) bond motifs is 4. The van der Waals surface area contributed by atoms with E-state index in [1.54, 1.807) is 24.3 Å². The predicted molar refractivity (Wildman–Crippen MR) is 143 cm³/mol. The number of aromatic carboxylic acids is 1. The maximum absolute atomic E-state index is 13.5. The van der Waals surface area contributed by atoms with Crippen molar-refractivity contribution in [2.75, 3.05) is 32.1 Å². The fourth-order valence-corrected chi connectivity index (χ4v) is 4.76. The molecule has 0 amide bonds. The quantitative estimate of drug-likeness (QED) is 0.165. The molecule has 0 atom stereocenters. The van der Waals surface area contributed by atoms with Crippen molar-refractivity contribution in [1.82, 2.24) is 4.58 Å². The minimum atomic E-state index is -1.08. The molecule has 7 heteroatoms. The Morgan fingerprint density at radius 3 is 2.31 bits per heavy atom. The second-order valence-electron chi connectivity index (χ2n) is 8.85. The van der Waals surface area contributed by atoms with E-state index in [2.05, 4.69) is 18.7 Å². The van der Waals surface area contributed by atoms with Gasteiger partial charge in [-0.25, -0.2) is 14.2 Å². The molecule has 36 heavy (non-hydrogen) atoms. The van der Waals surface area contributed by atoms with Crippen molar-refractivity contribution in [2.45, 2.75) is 13.8 Å². The van der Waals surface area contributed by atoms with Gasteiger partial charge in [0.15, 0.2) is 5.58 Å². The van der Waals surface area contributed by atoms with Crippen molar-refractivity contribution < 1.29 is 18.7 Å². The highest BCUT2D eigenvalue weighted by molar-refractivity contribution is 6.16. The van der Waals surface area contributed by atoms with E-state index in [4.69, 9.17) is 8.83 Å². The third kappa shape index (κ3) is 3.73. The van der Waals surface area contributed by atoms with Gasteiger partial charge in [0.1, 0.15) is 30.6 Å². The molecule has 0 aliphatic heterocycles. The number of carbonyl (C=O) groups is 1. The van der Waals surface area contributed by atoms with Crippen LogP contribution >= 0.6 is 0 Å². The van der Waals surface area contributed by atoms with E-state index < -0.39 is 11.6 Å². The van der Waals surface area contributed by atoms with Gasteiger partial charge in [-0.15, -0.1) is 0 Å². The van der Waals surface area contributed by atoms with Crippen LogP contribution in [0.3, 0.4) is 0 Å². The number of benzene rings is 3. The summed E-state index contributed by atoms with van der Waals surface area (Å²) in [4.78, 5) is 27.8. The van der Waals surface area contributed by atoms with Gasteiger partial charge in [-0.1, -0.05) is 18.2 Å². The fraction of sp³-hybridized carbons (Fsp3) is 0.207. The number of rotatable bonds is 5. The van der Waals surface area contributed by atoms with Gasteiger partial charge in [-0.2, -0.15) is 0 Å². The summed E-state index contributed by atoms with van der Waals surface area (Å²) in [5.74, 6) is -1.08. The van der Waals surface area contributed by atoms with Gasteiger partial charge in [0, 0.05) is 41.9 Å². The van der Waals surface area contributed by atoms with E-state index in [-0.39, 0.29) is 10.9 Å². The van der Waals surface area contributed by atoms with Crippen LogP contribution in [0.25, 0.3) is 44.0 Å². The third-order valence-corrected chi connectivity index (χ3v) is 6.61. The summed E-state index contributed by atoms with van der Waals surface area (Å²) in [5.41, 5.74) is 2.75. The number of hydrogen-bond donors (Lipinski definition) is 1. The van der Waals surface area contributed by atoms with Gasteiger partial charge >= 0.3 is 11.6 Å². The summed E-state index contributed by atoms with van der Waals surface area (Å²) in [5, 5.41) is 12.3. The van der Waals surface area contributed by atoms with Crippen molar-refractivity contribution in [3.05, 3.63) is 82.0 Å². The van der Waals surface area contributed by atoms with E-state index in [9.17, 15) is 14.7 Å². The maximum Gasteiger partial charge on any atom is 0.348 e. The first-order chi connectivity index (χ1) is 17.3. The molecule has 0 spiro atoms. The molecule has 0 aliphatic carbocycles. The molecule has 0 saturated heterocycles. The lowest BCUT2D eigenvalue weighted by atomic mass is 9.93. The number of nitrogens with zero attached hydrogens (tertiary/aromatic N) is 2. The Balaban J connectivity index is 2.02. The van der Waals surface area contributed by atoms with Crippen LogP contribution in [-0.2, 0) is 0 Å². The standard InChI is InChI=1S/C29H26N2O5/c1-5-31(6-2)18-12-13-21-23(16-18)35-27-22-14-11-17(30(3)4)15-24(22)36-29(34)26(27)25(21)19-9-7-8-10-20(19)28(32)33/h7-16H,5-6H2,1-4H3/p+1. The van der Waals surface area contributed by atoms with E-state index in [1.165, 1.54) is 6.07 Å². The van der Waals surface area contributed by atoms with Crippen molar-refractivity contribution in [3.63, 3.8) is 0 Å². The van der Waals surface area contributed by atoms with E-state index in [0.29, 0.717) is 38.6 Å². The average Bonchev–Trinajstić information content (AvgIpc) is 2.87. The molecule has 1 N–H and O–H groups in total. The van der Waals surface area contributed by atoms with Crippen LogP contribution in [0.5, 0.6) is 0 Å². The van der Waals surface area contributed by atoms with Crippen molar-refractivity contribution in [2.24, 2.45) is 0 Å². The zero-order valence-electron chi connectivity index (χ0n) is 20.7. The van der Waals surface area contributed by atoms with Gasteiger partial charge in [0.2, 0.25) is 5.36 Å². The van der Waals surface area contributed by atoms with Crippen LogP contribution in [0, 0.1) is 0 Å². The Labute approximate surface area is 207 Å². The van der Waals surface area contributed by atoms with Crippen LogP contribution in [0.2, 0.25) is 0 Å². The molecule has 0 fully saturated rings. The van der Waals surface area contributed by atoms with Gasteiger partial charge in [-0.05, 0) is 43.7 Å². The van der Waals surface area contributed by atoms with E-state index >= 15 is 0 Å². The SMILES string of the molecule is CCN(CC)c1ccc2c(-c3ccccc3C(=O)O)c3c(=O)oc4cc(=[N+](C)C)ccc4c3oc2c1. The Hall–Kier alpha value is -4.39. The zero-order valence-corrected chi connectivity index (χ0v) is 20.7. The first-order valence-corrected chi connectivity index (χ1v) is 11.9. The van der Waals surface area contributed by atoms with E-state index in [1.807, 2.05) is 49.0 Å². The largest absolute Gasteiger partial charge is 0.478 e. The topological polar surface area (TPSA) is 86.9 Å². The van der Waals surface area contributed by atoms with Crippen LogP contribution in [0.1, 0.15) is 24.2 Å². The summed E-state index contributed by atoms with van der Waals surface area (Å²) in [6.45, 7) is 5.82. The molecule has 0 radical (unpaired) electrons. The number of carboxylic acid groups (broad SMARTS) is 1. The Bertz CT molecular complexity index is 1790. The minimum absolute atomic E-state index is 0.0987. The summed E-state index contributed by atoms with van der Waals surface area (Å²) in [6.07, 6.45) is 0. The van der Waals surface area contributed by atoms with Gasteiger partial charge in [-0.3, -0.25) is 0 Å². The number of carboxylic acids is 1. The third-order valence-electron chi connectivity index (χ3n) is 6.61. The van der Waals surface area contributed by atoms with Crippen molar-refractivity contribution in [3.8, 4) is 11.1 Å². The van der Waals surface area contributed by atoms with Crippen LogP contribution in [0.15, 0.2) is 74.3 Å². The van der Waals surface area contributed by atoms with E-state index in [0.717, 1.165) is 24.1 Å². The molecule has 5 aromatic rings. The van der Waals surface area contributed by atoms with Crippen LogP contribution in [-0.4, -0.2) is 38.3 Å². The lowest BCUT2D eigenvalue weighted by molar-refractivity contribution is 0.0697. The highest BCUT2D eigenvalue weighted by atomic mass is 16.4. The second kappa shape index (κ2) is 9.00. The van der Waals surface area contributed by atoms with Gasteiger partial charge < -0.3 is 18.8 Å². The molecular weight excluding hydrogens is 456 g/mol. The zero-order chi connectivity index (χ0) is 25.6. The summed E-state index contributed by atoms with van der Waals surface area (Å²) in [7, 11) is 3.82. The van der Waals surface area contributed by atoms with Gasteiger partial charge in [0.25, 0.3) is 0 Å². The molecule has 0 aliphatic rings. The normalized spacial score (nSPS) is 11.3. The summed E-state index contributed by atoms with van der Waals surface area (Å²) in [6, 6.07) is 18.1. The molecule has 182 valence electrons.